The maximum atomic E-state index is 13.3. The van der Waals surface area contributed by atoms with Crippen LogP contribution in [0, 0.1) is 0 Å². The number of amides is 3. The largest absolute Gasteiger partial charge is 0.329 e. The molecule has 4 rings (SSSR count). The summed E-state index contributed by atoms with van der Waals surface area (Å²) in [6.07, 6.45) is 0. The van der Waals surface area contributed by atoms with Crippen LogP contribution < -0.4 is 5.32 Å². The van der Waals surface area contributed by atoms with Crippen molar-refractivity contribution in [1.82, 2.24) is 15.1 Å². The molecular formula is C24H27N3O2. The van der Waals surface area contributed by atoms with Gasteiger partial charge in [-0.1, -0.05) is 75.4 Å². The first kappa shape index (κ1) is 19.2. The Hall–Kier alpha value is -3.08. The Balaban J connectivity index is 1.65. The first-order chi connectivity index (χ1) is 13.8. The number of nitrogens with one attached hydrogen (secondary N) is 1. The topological polar surface area (TPSA) is 52.7 Å². The number of rotatable bonds is 3. The lowest BCUT2D eigenvalue weighted by Gasteiger charge is -2.31. The quantitative estimate of drug-likeness (QED) is 0.863. The van der Waals surface area contributed by atoms with Crippen LogP contribution in [0.15, 0.2) is 65.9 Å². The van der Waals surface area contributed by atoms with Crippen LogP contribution >= 0.6 is 0 Å². The Kier molecular flexibility index (Phi) is 4.69. The van der Waals surface area contributed by atoms with Gasteiger partial charge in [-0.25, -0.2) is 4.79 Å². The van der Waals surface area contributed by atoms with E-state index in [1.165, 1.54) is 5.56 Å². The average molecular weight is 389 g/mol. The van der Waals surface area contributed by atoms with Crippen LogP contribution in [0.4, 0.5) is 4.79 Å². The van der Waals surface area contributed by atoms with Crippen molar-refractivity contribution in [2.24, 2.45) is 0 Å². The zero-order valence-corrected chi connectivity index (χ0v) is 17.4. The molecule has 0 spiro atoms. The molecule has 5 heteroatoms. The van der Waals surface area contributed by atoms with Crippen LogP contribution in [0.5, 0.6) is 0 Å². The first-order valence-electron chi connectivity index (χ1n) is 9.96. The highest BCUT2D eigenvalue weighted by atomic mass is 16.2. The van der Waals surface area contributed by atoms with Crippen molar-refractivity contribution in [2.75, 3.05) is 13.6 Å². The minimum absolute atomic E-state index is 0.0133. The Labute approximate surface area is 172 Å². The van der Waals surface area contributed by atoms with Gasteiger partial charge in [0, 0.05) is 13.6 Å². The standard InChI is InChI=1S/C24H27N3O2/c1-24(2,3)18-12-10-17(11-13-18)21-20-19(26(4)23(29)25-21)15-27(22(20)28)14-16-8-6-5-7-9-16/h5-13,21H,14-15H2,1-4H3,(H,25,29)/t21-/m1/s1. The maximum absolute atomic E-state index is 13.3. The molecule has 0 saturated heterocycles. The van der Waals surface area contributed by atoms with E-state index in [1.54, 1.807) is 11.9 Å². The fourth-order valence-electron chi connectivity index (χ4n) is 3.98. The van der Waals surface area contributed by atoms with Gasteiger partial charge in [-0.15, -0.1) is 0 Å². The van der Waals surface area contributed by atoms with Gasteiger partial charge in [0.15, 0.2) is 0 Å². The fourth-order valence-corrected chi connectivity index (χ4v) is 3.98. The summed E-state index contributed by atoms with van der Waals surface area (Å²) in [5.74, 6) is -0.0133. The zero-order valence-electron chi connectivity index (χ0n) is 17.4. The van der Waals surface area contributed by atoms with Gasteiger partial charge >= 0.3 is 6.03 Å². The highest BCUT2D eigenvalue weighted by Crippen LogP contribution is 2.36. The highest BCUT2D eigenvalue weighted by Gasteiger charge is 2.42. The second kappa shape index (κ2) is 7.07. The molecule has 1 N–H and O–H groups in total. The van der Waals surface area contributed by atoms with Gasteiger partial charge < -0.3 is 10.2 Å². The minimum Gasteiger partial charge on any atom is -0.329 e. The van der Waals surface area contributed by atoms with Crippen molar-refractivity contribution in [3.63, 3.8) is 0 Å². The molecule has 150 valence electrons. The van der Waals surface area contributed by atoms with Crippen molar-refractivity contribution in [1.29, 1.82) is 0 Å². The van der Waals surface area contributed by atoms with Gasteiger partial charge in [0.05, 0.1) is 23.9 Å². The van der Waals surface area contributed by atoms with Gasteiger partial charge in [-0.3, -0.25) is 9.69 Å². The van der Waals surface area contributed by atoms with Crippen molar-refractivity contribution in [2.45, 2.75) is 38.8 Å². The molecule has 0 fully saturated rings. The number of hydrogen-bond donors (Lipinski definition) is 1. The van der Waals surface area contributed by atoms with Crippen molar-refractivity contribution in [3.05, 3.63) is 82.6 Å². The molecule has 2 heterocycles. The molecule has 2 aromatic rings. The monoisotopic (exact) mass is 389 g/mol. The Morgan fingerprint density at radius 3 is 2.28 bits per heavy atom. The van der Waals surface area contributed by atoms with E-state index in [-0.39, 0.29) is 17.4 Å². The van der Waals surface area contributed by atoms with Gasteiger partial charge in [0.2, 0.25) is 0 Å². The van der Waals surface area contributed by atoms with Crippen molar-refractivity contribution < 1.29 is 9.59 Å². The summed E-state index contributed by atoms with van der Waals surface area (Å²) in [6.45, 7) is 7.49. The number of benzene rings is 2. The predicted octanol–water partition coefficient (Wildman–Crippen LogP) is 3.98. The molecule has 2 aliphatic rings. The second-order valence-electron chi connectivity index (χ2n) is 8.82. The van der Waals surface area contributed by atoms with Crippen LogP contribution in [-0.2, 0) is 16.8 Å². The highest BCUT2D eigenvalue weighted by molar-refractivity contribution is 6.01. The summed E-state index contributed by atoms with van der Waals surface area (Å²) in [7, 11) is 1.73. The van der Waals surface area contributed by atoms with Crippen LogP contribution in [0.25, 0.3) is 0 Å². The number of nitrogens with zero attached hydrogens (tertiary/aromatic N) is 2. The Morgan fingerprint density at radius 1 is 1.00 bits per heavy atom. The van der Waals surface area contributed by atoms with Crippen LogP contribution in [0.1, 0.15) is 43.5 Å². The van der Waals surface area contributed by atoms with E-state index >= 15 is 0 Å². The summed E-state index contributed by atoms with van der Waals surface area (Å²) in [5, 5.41) is 3.01. The molecule has 0 saturated carbocycles. The summed E-state index contributed by atoms with van der Waals surface area (Å²) in [4.78, 5) is 29.2. The summed E-state index contributed by atoms with van der Waals surface area (Å²) in [6, 6.07) is 17.6. The number of hydrogen-bond acceptors (Lipinski definition) is 2. The normalized spacial score (nSPS) is 19.5. The number of urea groups is 1. The molecule has 5 nitrogen and oxygen atoms in total. The molecule has 2 aliphatic heterocycles. The SMILES string of the molecule is CN1C(=O)N[C@H](c2ccc(C(C)(C)C)cc2)C2=C1CN(Cc1ccccc1)C2=O. The summed E-state index contributed by atoms with van der Waals surface area (Å²) in [5.41, 5.74) is 4.74. The predicted molar refractivity (Wildman–Crippen MR) is 113 cm³/mol. The van der Waals surface area contributed by atoms with Gasteiger partial charge in [-0.05, 0) is 22.1 Å². The van der Waals surface area contributed by atoms with Crippen molar-refractivity contribution in [3.8, 4) is 0 Å². The molecule has 0 bridgehead atoms. The third-order valence-corrected chi connectivity index (χ3v) is 5.76. The van der Waals surface area contributed by atoms with Crippen LogP contribution in [0.3, 0.4) is 0 Å². The Morgan fingerprint density at radius 2 is 1.66 bits per heavy atom. The molecule has 0 aliphatic carbocycles. The fraction of sp³-hybridized carbons (Fsp3) is 0.333. The van der Waals surface area contributed by atoms with E-state index < -0.39 is 6.04 Å². The third-order valence-electron chi connectivity index (χ3n) is 5.76. The summed E-state index contributed by atoms with van der Waals surface area (Å²) >= 11 is 0. The first-order valence-corrected chi connectivity index (χ1v) is 9.96. The number of likely N-dealkylation sites (N-methyl/N-ethyl adjacent to an activating group) is 1. The van der Waals surface area contributed by atoms with E-state index in [0.717, 1.165) is 16.8 Å². The number of carbonyl (C=O) groups excluding carboxylic acids is 2. The van der Waals surface area contributed by atoms with E-state index in [2.05, 4.69) is 38.2 Å². The van der Waals surface area contributed by atoms with Gasteiger partial charge in [-0.2, -0.15) is 0 Å². The molecular weight excluding hydrogens is 362 g/mol. The van der Waals surface area contributed by atoms with E-state index in [0.29, 0.717) is 18.7 Å². The van der Waals surface area contributed by atoms with Gasteiger partial charge in [0.25, 0.3) is 5.91 Å². The molecule has 1 atom stereocenters. The lowest BCUT2D eigenvalue weighted by atomic mass is 9.85. The lowest BCUT2D eigenvalue weighted by Crippen LogP contribution is -2.45. The van der Waals surface area contributed by atoms with Crippen LogP contribution in [0.2, 0.25) is 0 Å². The van der Waals surface area contributed by atoms with E-state index in [9.17, 15) is 9.59 Å². The van der Waals surface area contributed by atoms with E-state index in [1.807, 2.05) is 47.4 Å². The Bertz CT molecular complexity index is 971. The minimum atomic E-state index is -0.420. The molecule has 2 aromatic carbocycles. The molecule has 0 radical (unpaired) electrons. The van der Waals surface area contributed by atoms with Gasteiger partial charge in [0.1, 0.15) is 0 Å². The summed E-state index contributed by atoms with van der Waals surface area (Å²) < 4.78 is 0. The smallest absolute Gasteiger partial charge is 0.322 e. The lowest BCUT2D eigenvalue weighted by molar-refractivity contribution is -0.126. The molecule has 3 amide bonds. The average Bonchev–Trinajstić information content (AvgIpc) is 3.02. The van der Waals surface area contributed by atoms with Crippen LogP contribution in [-0.4, -0.2) is 35.3 Å². The zero-order chi connectivity index (χ0) is 20.8. The third kappa shape index (κ3) is 3.53. The van der Waals surface area contributed by atoms with E-state index in [4.69, 9.17) is 0 Å². The molecule has 0 unspecified atom stereocenters. The van der Waals surface area contributed by atoms with Crippen molar-refractivity contribution >= 4 is 11.9 Å². The number of carbonyl (C=O) groups is 2. The maximum Gasteiger partial charge on any atom is 0.322 e. The molecule has 0 aromatic heterocycles. The molecule has 29 heavy (non-hydrogen) atoms. The second-order valence-corrected chi connectivity index (χ2v) is 8.82.